The van der Waals surface area contributed by atoms with E-state index in [0.717, 1.165) is 31.5 Å². The van der Waals surface area contributed by atoms with Crippen LogP contribution in [-0.4, -0.2) is 37.0 Å². The Balaban J connectivity index is 1.61. The Morgan fingerprint density at radius 3 is 2.90 bits per heavy atom. The summed E-state index contributed by atoms with van der Waals surface area (Å²) in [7, 11) is 2.20. The number of hydrogen-bond acceptors (Lipinski definition) is 2. The molecule has 114 valence electrons. The first-order chi connectivity index (χ1) is 10.3. The molecule has 1 unspecified atom stereocenters. The molecule has 2 aliphatic rings. The van der Waals surface area contributed by atoms with Crippen LogP contribution < -0.4 is 4.90 Å². The summed E-state index contributed by atoms with van der Waals surface area (Å²) in [4.78, 5) is 17.1. The Kier molecular flexibility index (Phi) is 4.59. The summed E-state index contributed by atoms with van der Waals surface area (Å²) in [5.74, 6) is 0.307. The van der Waals surface area contributed by atoms with Crippen molar-refractivity contribution in [2.75, 3.05) is 25.0 Å². The lowest BCUT2D eigenvalue weighted by Crippen LogP contribution is -2.39. The molecule has 1 atom stereocenters. The van der Waals surface area contributed by atoms with Crippen LogP contribution in [0.25, 0.3) is 0 Å². The second kappa shape index (κ2) is 6.61. The number of piperidine rings is 1. The molecule has 0 aromatic heterocycles. The number of hydrogen-bond donors (Lipinski definition) is 0. The van der Waals surface area contributed by atoms with Gasteiger partial charge in [0.15, 0.2) is 0 Å². The highest BCUT2D eigenvalue weighted by atomic mass is 16.2. The van der Waals surface area contributed by atoms with Gasteiger partial charge in [-0.15, -0.1) is 0 Å². The molecule has 0 bridgehead atoms. The molecule has 0 aliphatic carbocycles. The SMILES string of the molecule is CN1CCCCC1CCC(=O)N1CCCc2ccccc21. The van der Waals surface area contributed by atoms with E-state index in [0.29, 0.717) is 18.4 Å². The number of carbonyl (C=O) groups is 1. The van der Waals surface area contributed by atoms with Gasteiger partial charge in [-0.05, 0) is 57.3 Å². The Hall–Kier alpha value is -1.35. The molecule has 2 heterocycles. The molecule has 1 aromatic carbocycles. The summed E-state index contributed by atoms with van der Waals surface area (Å²) in [6.45, 7) is 2.07. The fourth-order valence-corrected chi connectivity index (χ4v) is 3.73. The molecule has 3 rings (SSSR count). The molecule has 1 saturated heterocycles. The Morgan fingerprint density at radius 2 is 2.05 bits per heavy atom. The van der Waals surface area contributed by atoms with Crippen LogP contribution in [0.2, 0.25) is 0 Å². The van der Waals surface area contributed by atoms with E-state index in [2.05, 4.69) is 30.1 Å². The van der Waals surface area contributed by atoms with Crippen molar-refractivity contribution in [1.82, 2.24) is 4.90 Å². The molecule has 1 fully saturated rings. The van der Waals surface area contributed by atoms with Crippen LogP contribution >= 0.6 is 0 Å². The van der Waals surface area contributed by atoms with Gasteiger partial charge < -0.3 is 9.80 Å². The predicted octanol–water partition coefficient (Wildman–Crippen LogP) is 3.23. The van der Waals surface area contributed by atoms with Gasteiger partial charge in [-0.1, -0.05) is 24.6 Å². The number of para-hydroxylation sites is 1. The van der Waals surface area contributed by atoms with Gasteiger partial charge in [0.05, 0.1) is 0 Å². The van der Waals surface area contributed by atoms with Crippen molar-refractivity contribution in [3.63, 3.8) is 0 Å². The topological polar surface area (TPSA) is 23.6 Å². The number of amides is 1. The molecular formula is C18H26N2O. The van der Waals surface area contributed by atoms with E-state index in [-0.39, 0.29) is 0 Å². The minimum Gasteiger partial charge on any atom is -0.312 e. The molecule has 0 saturated carbocycles. The monoisotopic (exact) mass is 286 g/mol. The third-order valence-corrected chi connectivity index (χ3v) is 5.02. The van der Waals surface area contributed by atoms with Gasteiger partial charge in [-0.25, -0.2) is 0 Å². The highest BCUT2D eigenvalue weighted by molar-refractivity contribution is 5.94. The van der Waals surface area contributed by atoms with Crippen molar-refractivity contribution in [3.05, 3.63) is 29.8 Å². The van der Waals surface area contributed by atoms with Gasteiger partial charge >= 0.3 is 0 Å². The van der Waals surface area contributed by atoms with Crippen LogP contribution in [0.3, 0.4) is 0 Å². The van der Waals surface area contributed by atoms with Crippen LogP contribution in [0.5, 0.6) is 0 Å². The van der Waals surface area contributed by atoms with E-state index in [1.807, 2.05) is 11.0 Å². The van der Waals surface area contributed by atoms with Gasteiger partial charge in [-0.3, -0.25) is 4.79 Å². The largest absolute Gasteiger partial charge is 0.312 e. The first-order valence-corrected chi connectivity index (χ1v) is 8.34. The number of fused-ring (bicyclic) bond motifs is 1. The molecule has 3 heteroatoms. The number of carbonyl (C=O) groups excluding carboxylic acids is 1. The Labute approximate surface area is 127 Å². The molecule has 21 heavy (non-hydrogen) atoms. The smallest absolute Gasteiger partial charge is 0.227 e. The highest BCUT2D eigenvalue weighted by Gasteiger charge is 2.24. The predicted molar refractivity (Wildman–Crippen MR) is 86.6 cm³/mol. The van der Waals surface area contributed by atoms with Crippen molar-refractivity contribution in [2.45, 2.75) is 51.0 Å². The van der Waals surface area contributed by atoms with Crippen molar-refractivity contribution < 1.29 is 4.79 Å². The molecule has 1 amide bonds. The molecule has 0 N–H and O–H groups in total. The van der Waals surface area contributed by atoms with Crippen molar-refractivity contribution >= 4 is 11.6 Å². The van der Waals surface area contributed by atoms with Crippen LogP contribution in [0.15, 0.2) is 24.3 Å². The zero-order chi connectivity index (χ0) is 14.7. The van der Waals surface area contributed by atoms with Crippen LogP contribution in [0.1, 0.15) is 44.1 Å². The molecule has 3 nitrogen and oxygen atoms in total. The van der Waals surface area contributed by atoms with Gasteiger partial charge in [0.1, 0.15) is 0 Å². The van der Waals surface area contributed by atoms with E-state index in [1.54, 1.807) is 0 Å². The summed E-state index contributed by atoms with van der Waals surface area (Å²) in [5.41, 5.74) is 2.47. The lowest BCUT2D eigenvalue weighted by molar-refractivity contribution is -0.119. The van der Waals surface area contributed by atoms with Crippen LogP contribution in [0.4, 0.5) is 5.69 Å². The van der Waals surface area contributed by atoms with Gasteiger partial charge in [0, 0.05) is 24.7 Å². The maximum Gasteiger partial charge on any atom is 0.227 e. The molecule has 1 aromatic rings. The standard InChI is InChI=1S/C18H26N2O/c1-19-13-5-4-9-16(19)11-12-18(21)20-14-6-8-15-7-2-3-10-17(15)20/h2-3,7,10,16H,4-6,8-9,11-14H2,1H3. The van der Waals surface area contributed by atoms with E-state index >= 15 is 0 Å². The molecule has 2 aliphatic heterocycles. The summed E-state index contributed by atoms with van der Waals surface area (Å²) in [6.07, 6.45) is 7.76. The van der Waals surface area contributed by atoms with E-state index in [1.165, 1.54) is 31.4 Å². The average molecular weight is 286 g/mol. The second-order valence-electron chi connectivity index (χ2n) is 6.45. The van der Waals surface area contributed by atoms with Crippen LogP contribution in [0, 0.1) is 0 Å². The van der Waals surface area contributed by atoms with E-state index < -0.39 is 0 Å². The molecular weight excluding hydrogens is 260 g/mol. The third kappa shape index (κ3) is 3.29. The lowest BCUT2D eigenvalue weighted by Gasteiger charge is -2.34. The van der Waals surface area contributed by atoms with Crippen molar-refractivity contribution in [3.8, 4) is 0 Å². The van der Waals surface area contributed by atoms with Crippen molar-refractivity contribution in [2.24, 2.45) is 0 Å². The first-order valence-electron chi connectivity index (χ1n) is 8.34. The van der Waals surface area contributed by atoms with Crippen LogP contribution in [-0.2, 0) is 11.2 Å². The van der Waals surface area contributed by atoms with Gasteiger partial charge in [-0.2, -0.15) is 0 Å². The number of likely N-dealkylation sites (tertiary alicyclic amines) is 1. The summed E-state index contributed by atoms with van der Waals surface area (Å²) in [6, 6.07) is 8.97. The fraction of sp³-hybridized carbons (Fsp3) is 0.611. The zero-order valence-corrected chi connectivity index (χ0v) is 13.1. The number of nitrogens with zero attached hydrogens (tertiary/aromatic N) is 2. The number of benzene rings is 1. The Morgan fingerprint density at radius 1 is 1.19 bits per heavy atom. The summed E-state index contributed by atoms with van der Waals surface area (Å²) < 4.78 is 0. The normalized spacial score (nSPS) is 22.9. The zero-order valence-electron chi connectivity index (χ0n) is 13.1. The van der Waals surface area contributed by atoms with E-state index in [4.69, 9.17) is 0 Å². The van der Waals surface area contributed by atoms with Gasteiger partial charge in [0.25, 0.3) is 0 Å². The minimum absolute atomic E-state index is 0.307. The third-order valence-electron chi connectivity index (χ3n) is 5.02. The lowest BCUT2D eigenvalue weighted by atomic mass is 9.97. The fourth-order valence-electron chi connectivity index (χ4n) is 3.73. The number of rotatable bonds is 3. The number of anilines is 1. The van der Waals surface area contributed by atoms with E-state index in [9.17, 15) is 4.79 Å². The molecule has 0 spiro atoms. The van der Waals surface area contributed by atoms with Gasteiger partial charge in [0.2, 0.25) is 5.91 Å². The van der Waals surface area contributed by atoms with Crippen molar-refractivity contribution in [1.29, 1.82) is 0 Å². The Bertz CT molecular complexity index is 500. The molecule has 0 radical (unpaired) electrons. The summed E-state index contributed by atoms with van der Waals surface area (Å²) >= 11 is 0. The quantitative estimate of drug-likeness (QED) is 0.851. The minimum atomic E-state index is 0.307. The summed E-state index contributed by atoms with van der Waals surface area (Å²) in [5, 5.41) is 0. The number of aryl methyl sites for hydroxylation is 1. The first kappa shape index (κ1) is 14.6. The maximum atomic E-state index is 12.6. The second-order valence-corrected chi connectivity index (χ2v) is 6.45. The average Bonchev–Trinajstić information content (AvgIpc) is 2.53. The highest BCUT2D eigenvalue weighted by Crippen LogP contribution is 2.28. The maximum absolute atomic E-state index is 12.6.